The molecule has 0 aliphatic carbocycles. The Morgan fingerprint density at radius 2 is 1.64 bits per heavy atom. The topological polar surface area (TPSA) is 38.7 Å². The summed E-state index contributed by atoms with van der Waals surface area (Å²) in [7, 11) is 0. The molecular weight excluding hydrogens is 342 g/mol. The second-order valence-corrected chi connectivity index (χ2v) is 5.58. The van der Waals surface area contributed by atoms with E-state index in [9.17, 15) is 4.79 Å². The minimum absolute atomic E-state index is 0.301. The normalized spacial score (nSPS) is 16.1. The Morgan fingerprint density at radius 3 is 2.36 bits per heavy atom. The number of nitrogens with zero attached hydrogens (tertiary/aromatic N) is 1. The lowest BCUT2D eigenvalue weighted by Crippen LogP contribution is -2.01. The zero-order valence-corrected chi connectivity index (χ0v) is 13.2. The molecule has 1 heterocycles. The van der Waals surface area contributed by atoms with Crippen LogP contribution in [0.1, 0.15) is 11.1 Å². The molecule has 3 rings (SSSR count). The molecule has 22 heavy (non-hydrogen) atoms. The first kappa shape index (κ1) is 14.5. The van der Waals surface area contributed by atoms with Gasteiger partial charge in [-0.2, -0.15) is 0 Å². The van der Waals surface area contributed by atoms with E-state index in [0.29, 0.717) is 11.6 Å². The fourth-order valence-corrected chi connectivity index (χ4v) is 2.21. The number of ether oxygens (including phenoxy) is 1. The van der Waals surface area contributed by atoms with E-state index in [4.69, 9.17) is 4.74 Å². The minimum atomic E-state index is -0.435. The van der Waals surface area contributed by atoms with Crippen molar-refractivity contribution in [2.75, 3.05) is 0 Å². The van der Waals surface area contributed by atoms with E-state index in [1.807, 2.05) is 60.7 Å². The van der Waals surface area contributed by atoms with Crippen LogP contribution < -0.4 is 0 Å². The molecule has 0 spiro atoms. The highest BCUT2D eigenvalue weighted by Gasteiger charge is 2.20. The van der Waals surface area contributed by atoms with E-state index in [2.05, 4.69) is 20.9 Å². The van der Waals surface area contributed by atoms with Crippen LogP contribution >= 0.6 is 15.9 Å². The molecule has 108 valence electrons. The van der Waals surface area contributed by atoms with Gasteiger partial charge < -0.3 is 4.74 Å². The van der Waals surface area contributed by atoms with Crippen LogP contribution in [0.25, 0.3) is 12.2 Å². The van der Waals surface area contributed by atoms with Crippen LogP contribution in [0, 0.1) is 0 Å². The Bertz CT molecular complexity index is 774. The predicted molar refractivity (Wildman–Crippen MR) is 91.1 cm³/mol. The molecule has 2 aromatic rings. The maximum Gasteiger partial charge on any atom is 0.363 e. The summed E-state index contributed by atoms with van der Waals surface area (Å²) in [5.74, 6) is -0.132. The molecule has 0 N–H and O–H groups in total. The van der Waals surface area contributed by atoms with Crippen LogP contribution in [0.3, 0.4) is 0 Å². The third-order valence-corrected chi connectivity index (χ3v) is 3.56. The number of cyclic esters (lactones) is 1. The van der Waals surface area contributed by atoms with Gasteiger partial charge in [-0.25, -0.2) is 9.79 Å². The monoisotopic (exact) mass is 353 g/mol. The fourth-order valence-electron chi connectivity index (χ4n) is 1.95. The van der Waals surface area contributed by atoms with Crippen LogP contribution in [0.15, 0.2) is 75.8 Å². The van der Waals surface area contributed by atoms with Gasteiger partial charge in [0.05, 0.1) is 0 Å². The average molecular weight is 354 g/mol. The number of hydrogen-bond donors (Lipinski definition) is 0. The van der Waals surface area contributed by atoms with Crippen molar-refractivity contribution in [3.05, 3.63) is 82.0 Å². The summed E-state index contributed by atoms with van der Waals surface area (Å²) in [4.78, 5) is 16.0. The van der Waals surface area contributed by atoms with Gasteiger partial charge in [-0.1, -0.05) is 58.4 Å². The van der Waals surface area contributed by atoms with Crippen LogP contribution in [-0.4, -0.2) is 11.9 Å². The lowest BCUT2D eigenvalue weighted by molar-refractivity contribution is -0.129. The maximum absolute atomic E-state index is 11.8. The average Bonchev–Trinajstić information content (AvgIpc) is 2.89. The van der Waals surface area contributed by atoms with E-state index < -0.39 is 5.97 Å². The Kier molecular flexibility index (Phi) is 4.30. The van der Waals surface area contributed by atoms with Gasteiger partial charge in [0.2, 0.25) is 5.90 Å². The van der Waals surface area contributed by atoms with Crippen molar-refractivity contribution >= 4 is 39.9 Å². The Labute approximate surface area is 136 Å². The van der Waals surface area contributed by atoms with Crippen LogP contribution in [0.2, 0.25) is 0 Å². The van der Waals surface area contributed by atoms with E-state index in [1.165, 1.54) is 0 Å². The van der Waals surface area contributed by atoms with Gasteiger partial charge in [0.1, 0.15) is 0 Å². The molecule has 0 fully saturated rings. The molecular formula is C18H12BrNO2. The van der Waals surface area contributed by atoms with Crippen LogP contribution in [0.5, 0.6) is 0 Å². The number of rotatable bonds is 3. The molecule has 0 saturated carbocycles. The zero-order valence-electron chi connectivity index (χ0n) is 11.6. The number of carbonyl (C=O) groups excluding carboxylic acids is 1. The fraction of sp³-hybridized carbons (Fsp3) is 0. The van der Waals surface area contributed by atoms with E-state index in [-0.39, 0.29) is 0 Å². The van der Waals surface area contributed by atoms with Crippen molar-refractivity contribution in [2.24, 2.45) is 4.99 Å². The standard InChI is InChI=1S/C18H12BrNO2/c19-15-9-6-14(7-10-15)12-16-18(21)22-17(20-16)11-8-13-4-2-1-3-5-13/h1-12H/b11-8+,16-12-. The summed E-state index contributed by atoms with van der Waals surface area (Å²) in [6, 6.07) is 17.4. The molecule has 0 bridgehead atoms. The first-order valence-electron chi connectivity index (χ1n) is 6.72. The molecule has 0 amide bonds. The third kappa shape index (κ3) is 3.59. The number of carbonyl (C=O) groups is 1. The Balaban J connectivity index is 1.79. The quantitative estimate of drug-likeness (QED) is 0.603. The molecule has 4 heteroatoms. The van der Waals surface area contributed by atoms with E-state index in [1.54, 1.807) is 12.2 Å². The summed E-state index contributed by atoms with van der Waals surface area (Å²) in [6.45, 7) is 0. The van der Waals surface area contributed by atoms with Crippen LogP contribution in [0.4, 0.5) is 0 Å². The second kappa shape index (κ2) is 6.54. The van der Waals surface area contributed by atoms with Gasteiger partial charge in [0.25, 0.3) is 0 Å². The van der Waals surface area contributed by atoms with Gasteiger partial charge in [0, 0.05) is 10.5 Å². The molecule has 0 atom stereocenters. The minimum Gasteiger partial charge on any atom is -0.403 e. The smallest absolute Gasteiger partial charge is 0.363 e. The molecule has 2 aromatic carbocycles. The summed E-state index contributed by atoms with van der Waals surface area (Å²) < 4.78 is 6.12. The Morgan fingerprint density at radius 1 is 0.909 bits per heavy atom. The number of aliphatic imine (C=N–C) groups is 1. The SMILES string of the molecule is O=C1OC(/C=C/c2ccccc2)=NC/1=C\c1ccc(Br)cc1. The first-order chi connectivity index (χ1) is 10.7. The van der Waals surface area contributed by atoms with Gasteiger partial charge >= 0.3 is 5.97 Å². The van der Waals surface area contributed by atoms with Crippen LogP contribution in [-0.2, 0) is 9.53 Å². The maximum atomic E-state index is 11.8. The van der Waals surface area contributed by atoms with Crippen molar-refractivity contribution in [3.8, 4) is 0 Å². The second-order valence-electron chi connectivity index (χ2n) is 4.66. The summed E-state index contributed by atoms with van der Waals surface area (Å²) in [5, 5.41) is 0. The first-order valence-corrected chi connectivity index (χ1v) is 7.51. The summed E-state index contributed by atoms with van der Waals surface area (Å²) in [5.41, 5.74) is 2.22. The Hall–Kier alpha value is -2.46. The highest BCUT2D eigenvalue weighted by atomic mass is 79.9. The van der Waals surface area contributed by atoms with Gasteiger partial charge in [-0.15, -0.1) is 0 Å². The highest BCUT2D eigenvalue weighted by molar-refractivity contribution is 9.10. The van der Waals surface area contributed by atoms with Crippen molar-refractivity contribution < 1.29 is 9.53 Å². The van der Waals surface area contributed by atoms with Crippen molar-refractivity contribution in [1.82, 2.24) is 0 Å². The molecule has 0 saturated heterocycles. The number of hydrogen-bond acceptors (Lipinski definition) is 3. The van der Waals surface area contributed by atoms with Gasteiger partial charge in [0.15, 0.2) is 5.70 Å². The molecule has 3 nitrogen and oxygen atoms in total. The molecule has 0 radical (unpaired) electrons. The third-order valence-electron chi connectivity index (χ3n) is 3.03. The summed E-state index contributed by atoms with van der Waals surface area (Å²) >= 11 is 3.37. The van der Waals surface area contributed by atoms with Gasteiger partial charge in [-0.3, -0.25) is 0 Å². The largest absolute Gasteiger partial charge is 0.403 e. The molecule has 1 aliphatic heterocycles. The van der Waals surface area contributed by atoms with Crippen molar-refractivity contribution in [3.63, 3.8) is 0 Å². The molecule has 0 unspecified atom stereocenters. The number of halogens is 1. The lowest BCUT2D eigenvalue weighted by atomic mass is 10.2. The lowest BCUT2D eigenvalue weighted by Gasteiger charge is -1.94. The van der Waals surface area contributed by atoms with Crippen molar-refractivity contribution in [1.29, 1.82) is 0 Å². The number of esters is 1. The van der Waals surface area contributed by atoms with E-state index >= 15 is 0 Å². The van der Waals surface area contributed by atoms with Crippen molar-refractivity contribution in [2.45, 2.75) is 0 Å². The van der Waals surface area contributed by atoms with E-state index in [0.717, 1.165) is 15.6 Å². The molecule has 0 aromatic heterocycles. The molecule has 1 aliphatic rings. The predicted octanol–water partition coefficient (Wildman–Crippen LogP) is 4.46. The highest BCUT2D eigenvalue weighted by Crippen LogP contribution is 2.18. The summed E-state index contributed by atoms with van der Waals surface area (Å²) in [6.07, 6.45) is 5.25. The van der Waals surface area contributed by atoms with Gasteiger partial charge in [-0.05, 0) is 35.4 Å². The zero-order chi connectivity index (χ0) is 15.4. The number of benzene rings is 2.